The molecular weight excluding hydrogens is 275 g/mol. The van der Waals surface area contributed by atoms with E-state index >= 15 is 0 Å². The van der Waals surface area contributed by atoms with E-state index in [2.05, 4.69) is 23.6 Å². The number of hydrogen-bond donors (Lipinski definition) is 2. The normalized spacial score (nSPS) is 10.3. The summed E-state index contributed by atoms with van der Waals surface area (Å²) in [7, 11) is 1.60. The number of carbonyl (C=O) groups excluding carboxylic acids is 1. The number of carbonyl (C=O) groups is 1. The van der Waals surface area contributed by atoms with Gasteiger partial charge in [-0.2, -0.15) is 0 Å². The molecule has 2 aromatic rings. The SMILES string of the molecule is CCc1ccc(CNC(=O)c2cccc(F)c2NC)s1. The maximum absolute atomic E-state index is 13.6. The predicted molar refractivity (Wildman–Crippen MR) is 80.8 cm³/mol. The molecule has 2 N–H and O–H groups in total. The highest BCUT2D eigenvalue weighted by Gasteiger charge is 2.13. The van der Waals surface area contributed by atoms with Crippen LogP contribution in [0.5, 0.6) is 0 Å². The van der Waals surface area contributed by atoms with Crippen LogP contribution in [0.3, 0.4) is 0 Å². The second-order valence-corrected chi connectivity index (χ2v) is 5.57. The molecule has 0 saturated heterocycles. The molecule has 0 aliphatic heterocycles. The molecule has 0 bridgehead atoms. The summed E-state index contributed by atoms with van der Waals surface area (Å²) >= 11 is 1.68. The van der Waals surface area contributed by atoms with Crippen LogP contribution in [0.4, 0.5) is 10.1 Å². The summed E-state index contributed by atoms with van der Waals surface area (Å²) in [6.45, 7) is 2.56. The summed E-state index contributed by atoms with van der Waals surface area (Å²) in [5.41, 5.74) is 0.546. The zero-order valence-electron chi connectivity index (χ0n) is 11.5. The van der Waals surface area contributed by atoms with Crippen LogP contribution in [-0.4, -0.2) is 13.0 Å². The van der Waals surface area contributed by atoms with E-state index < -0.39 is 5.82 Å². The fraction of sp³-hybridized carbons (Fsp3) is 0.267. The van der Waals surface area contributed by atoms with Crippen LogP contribution in [0.2, 0.25) is 0 Å². The van der Waals surface area contributed by atoms with Gasteiger partial charge in [0, 0.05) is 16.8 Å². The van der Waals surface area contributed by atoms with Crippen molar-refractivity contribution < 1.29 is 9.18 Å². The number of hydrogen-bond acceptors (Lipinski definition) is 3. The fourth-order valence-electron chi connectivity index (χ4n) is 1.94. The van der Waals surface area contributed by atoms with Crippen LogP contribution in [0.1, 0.15) is 27.0 Å². The quantitative estimate of drug-likeness (QED) is 0.886. The topological polar surface area (TPSA) is 41.1 Å². The maximum Gasteiger partial charge on any atom is 0.253 e. The van der Waals surface area contributed by atoms with Gasteiger partial charge in [-0.05, 0) is 30.7 Å². The standard InChI is InChI=1S/C15H17FN2OS/c1-3-10-7-8-11(20-10)9-18-15(19)12-5-4-6-13(16)14(12)17-2/h4-8,17H,3,9H2,1-2H3,(H,18,19). The van der Waals surface area contributed by atoms with Crippen molar-refractivity contribution in [3.8, 4) is 0 Å². The molecule has 5 heteroatoms. The lowest BCUT2D eigenvalue weighted by Crippen LogP contribution is -2.23. The van der Waals surface area contributed by atoms with Crippen LogP contribution in [0, 0.1) is 5.82 Å². The number of aryl methyl sites for hydroxylation is 1. The second kappa shape index (κ2) is 6.52. The molecule has 3 nitrogen and oxygen atoms in total. The Bertz CT molecular complexity index is 610. The van der Waals surface area contributed by atoms with E-state index in [1.54, 1.807) is 24.5 Å². The molecule has 1 aromatic carbocycles. The van der Waals surface area contributed by atoms with E-state index in [0.29, 0.717) is 12.1 Å². The number of amides is 1. The van der Waals surface area contributed by atoms with Crippen LogP contribution in [0.25, 0.3) is 0 Å². The largest absolute Gasteiger partial charge is 0.385 e. The average molecular weight is 292 g/mol. The number of nitrogens with one attached hydrogen (secondary N) is 2. The van der Waals surface area contributed by atoms with Gasteiger partial charge in [0.05, 0.1) is 17.8 Å². The van der Waals surface area contributed by atoms with Gasteiger partial charge in [0.2, 0.25) is 0 Å². The average Bonchev–Trinajstić information content (AvgIpc) is 2.92. The summed E-state index contributed by atoms with van der Waals surface area (Å²) in [4.78, 5) is 14.5. The van der Waals surface area contributed by atoms with Crippen molar-refractivity contribution in [2.75, 3.05) is 12.4 Å². The van der Waals surface area contributed by atoms with E-state index in [4.69, 9.17) is 0 Å². The van der Waals surface area contributed by atoms with E-state index in [0.717, 1.165) is 11.3 Å². The molecule has 0 saturated carbocycles. The molecule has 0 aliphatic rings. The van der Waals surface area contributed by atoms with Crippen molar-refractivity contribution in [3.05, 3.63) is 51.5 Å². The minimum Gasteiger partial charge on any atom is -0.385 e. The minimum absolute atomic E-state index is 0.227. The Labute approximate surface area is 121 Å². The summed E-state index contributed by atoms with van der Waals surface area (Å²) in [6, 6.07) is 8.54. The molecule has 1 aromatic heterocycles. The predicted octanol–water partition coefficient (Wildman–Crippen LogP) is 3.42. The lowest BCUT2D eigenvalue weighted by molar-refractivity contribution is 0.0951. The van der Waals surface area contributed by atoms with Gasteiger partial charge in [-0.1, -0.05) is 13.0 Å². The third-order valence-electron chi connectivity index (χ3n) is 3.00. The van der Waals surface area contributed by atoms with E-state index in [9.17, 15) is 9.18 Å². The maximum atomic E-state index is 13.6. The first-order chi connectivity index (χ1) is 9.65. The van der Waals surface area contributed by atoms with E-state index in [-0.39, 0.29) is 11.6 Å². The Hall–Kier alpha value is -1.88. The van der Waals surface area contributed by atoms with Gasteiger partial charge in [0.15, 0.2) is 0 Å². The number of halogens is 1. The zero-order valence-corrected chi connectivity index (χ0v) is 12.3. The Morgan fingerprint density at radius 3 is 2.65 bits per heavy atom. The molecule has 0 spiro atoms. The molecular formula is C15H17FN2OS. The van der Waals surface area contributed by atoms with Gasteiger partial charge in [-0.25, -0.2) is 4.39 Å². The molecule has 1 heterocycles. The van der Waals surface area contributed by atoms with Gasteiger partial charge in [-0.3, -0.25) is 4.79 Å². The van der Waals surface area contributed by atoms with Gasteiger partial charge in [0.1, 0.15) is 5.82 Å². The number of thiophene rings is 1. The highest BCUT2D eigenvalue weighted by Crippen LogP contribution is 2.20. The summed E-state index contributed by atoms with van der Waals surface area (Å²) in [5.74, 6) is -0.704. The monoisotopic (exact) mass is 292 g/mol. The fourth-order valence-corrected chi connectivity index (χ4v) is 2.84. The number of anilines is 1. The molecule has 2 rings (SSSR count). The molecule has 0 aliphatic carbocycles. The van der Waals surface area contributed by atoms with Gasteiger partial charge < -0.3 is 10.6 Å². The van der Waals surface area contributed by atoms with E-state index in [1.807, 2.05) is 6.07 Å². The number of benzene rings is 1. The van der Waals surface area contributed by atoms with Crippen LogP contribution in [0.15, 0.2) is 30.3 Å². The first-order valence-electron chi connectivity index (χ1n) is 6.47. The summed E-state index contributed by atoms with van der Waals surface area (Å²) < 4.78 is 13.6. The summed E-state index contributed by atoms with van der Waals surface area (Å²) in [5, 5.41) is 5.54. The van der Waals surface area contributed by atoms with Crippen LogP contribution < -0.4 is 10.6 Å². The van der Waals surface area contributed by atoms with Crippen molar-refractivity contribution in [3.63, 3.8) is 0 Å². The van der Waals surface area contributed by atoms with Gasteiger partial charge >= 0.3 is 0 Å². The molecule has 0 radical (unpaired) electrons. The number of rotatable bonds is 5. The first kappa shape index (κ1) is 14.5. The Balaban J connectivity index is 2.07. The second-order valence-electron chi connectivity index (χ2n) is 4.32. The Kier molecular flexibility index (Phi) is 4.74. The Morgan fingerprint density at radius 2 is 2.00 bits per heavy atom. The molecule has 0 fully saturated rings. The minimum atomic E-state index is -0.426. The third kappa shape index (κ3) is 3.17. The van der Waals surface area contributed by atoms with Gasteiger partial charge in [0.25, 0.3) is 5.91 Å². The zero-order chi connectivity index (χ0) is 14.5. The lowest BCUT2D eigenvalue weighted by Gasteiger charge is -2.10. The van der Waals surface area contributed by atoms with Crippen LogP contribution in [-0.2, 0) is 13.0 Å². The van der Waals surface area contributed by atoms with Crippen molar-refractivity contribution in [1.82, 2.24) is 5.32 Å². The first-order valence-corrected chi connectivity index (χ1v) is 7.29. The molecule has 106 valence electrons. The van der Waals surface area contributed by atoms with E-state index in [1.165, 1.54) is 17.0 Å². The lowest BCUT2D eigenvalue weighted by atomic mass is 10.1. The smallest absolute Gasteiger partial charge is 0.253 e. The van der Waals surface area contributed by atoms with Crippen molar-refractivity contribution in [2.24, 2.45) is 0 Å². The highest BCUT2D eigenvalue weighted by molar-refractivity contribution is 7.11. The third-order valence-corrected chi connectivity index (χ3v) is 4.23. The summed E-state index contributed by atoms with van der Waals surface area (Å²) in [6.07, 6.45) is 0.992. The number of para-hydroxylation sites is 1. The van der Waals surface area contributed by atoms with Gasteiger partial charge in [-0.15, -0.1) is 11.3 Å². The molecule has 0 atom stereocenters. The Morgan fingerprint density at radius 1 is 1.25 bits per heavy atom. The highest BCUT2D eigenvalue weighted by atomic mass is 32.1. The van der Waals surface area contributed by atoms with Crippen molar-refractivity contribution in [1.29, 1.82) is 0 Å². The molecule has 0 unspecified atom stereocenters. The molecule has 1 amide bonds. The molecule has 20 heavy (non-hydrogen) atoms. The van der Waals surface area contributed by atoms with Crippen molar-refractivity contribution in [2.45, 2.75) is 19.9 Å². The van der Waals surface area contributed by atoms with Crippen LogP contribution >= 0.6 is 11.3 Å². The van der Waals surface area contributed by atoms with Crippen molar-refractivity contribution >= 4 is 22.9 Å².